The molecule has 5 heteroatoms. The summed E-state index contributed by atoms with van der Waals surface area (Å²) in [5, 5.41) is 13.5. The third-order valence-electron chi connectivity index (χ3n) is 4.76. The van der Waals surface area contributed by atoms with Crippen LogP contribution in [0, 0.1) is 0 Å². The maximum absolute atomic E-state index is 12.9. The second-order valence-corrected chi connectivity index (χ2v) is 7.00. The summed E-state index contributed by atoms with van der Waals surface area (Å²) in [6, 6.07) is 5.10. The highest BCUT2D eigenvalue weighted by molar-refractivity contribution is 9.10. The number of hydrogen-bond donors (Lipinski definition) is 2. The Morgan fingerprint density at radius 1 is 1.29 bits per heavy atom. The molecule has 1 aromatic rings. The average Bonchev–Trinajstić information content (AvgIpc) is 2.48. The molecule has 1 saturated carbocycles. The summed E-state index contributed by atoms with van der Waals surface area (Å²) in [7, 11) is 0. The van der Waals surface area contributed by atoms with Crippen molar-refractivity contribution in [1.29, 1.82) is 0 Å². The maximum Gasteiger partial charge on any atom is 0.258 e. The molecule has 2 N–H and O–H groups in total. The average molecular weight is 353 g/mol. The number of nitrogens with one attached hydrogen (secondary N) is 1. The minimum atomic E-state index is -0.0624. The molecule has 1 aliphatic carbocycles. The molecule has 2 fully saturated rings. The van der Waals surface area contributed by atoms with Crippen molar-refractivity contribution in [3.63, 3.8) is 0 Å². The Bertz CT molecular complexity index is 533. The van der Waals surface area contributed by atoms with Crippen LogP contribution in [-0.4, -0.2) is 41.1 Å². The van der Waals surface area contributed by atoms with Crippen LogP contribution in [0.15, 0.2) is 22.7 Å². The van der Waals surface area contributed by atoms with Crippen molar-refractivity contribution >= 4 is 21.8 Å². The highest BCUT2D eigenvalue weighted by Gasteiger charge is 2.42. The molecule has 1 amide bonds. The van der Waals surface area contributed by atoms with Gasteiger partial charge < -0.3 is 15.3 Å². The Morgan fingerprint density at radius 3 is 2.76 bits per heavy atom. The van der Waals surface area contributed by atoms with Crippen molar-refractivity contribution in [2.24, 2.45) is 0 Å². The van der Waals surface area contributed by atoms with Gasteiger partial charge in [0.25, 0.3) is 5.91 Å². The first-order valence-electron chi connectivity index (χ1n) is 7.64. The first-order chi connectivity index (χ1) is 10.1. The van der Waals surface area contributed by atoms with E-state index in [1.165, 1.54) is 19.3 Å². The molecule has 0 atom stereocenters. The van der Waals surface area contributed by atoms with Gasteiger partial charge in [0.1, 0.15) is 5.75 Å². The molecule has 1 spiro atoms. The Balaban J connectivity index is 1.90. The Morgan fingerprint density at radius 2 is 2.05 bits per heavy atom. The van der Waals surface area contributed by atoms with Crippen LogP contribution < -0.4 is 5.32 Å². The van der Waals surface area contributed by atoms with Gasteiger partial charge in [0.2, 0.25) is 0 Å². The number of piperazine rings is 1. The van der Waals surface area contributed by atoms with E-state index in [9.17, 15) is 9.90 Å². The lowest BCUT2D eigenvalue weighted by atomic mass is 9.78. The van der Waals surface area contributed by atoms with Crippen LogP contribution in [0.4, 0.5) is 0 Å². The zero-order valence-electron chi connectivity index (χ0n) is 12.1. The van der Waals surface area contributed by atoms with E-state index in [4.69, 9.17) is 0 Å². The number of phenols is 1. The van der Waals surface area contributed by atoms with E-state index >= 15 is 0 Å². The summed E-state index contributed by atoms with van der Waals surface area (Å²) < 4.78 is 0.782. The summed E-state index contributed by atoms with van der Waals surface area (Å²) in [6.45, 7) is 2.41. The Hall–Kier alpha value is -1.07. The van der Waals surface area contributed by atoms with Crippen molar-refractivity contribution in [3.05, 3.63) is 28.2 Å². The van der Waals surface area contributed by atoms with Gasteiger partial charge in [0, 0.05) is 24.1 Å². The van der Waals surface area contributed by atoms with E-state index in [2.05, 4.69) is 21.2 Å². The zero-order chi connectivity index (χ0) is 14.9. The first-order valence-corrected chi connectivity index (χ1v) is 8.43. The van der Waals surface area contributed by atoms with Crippen LogP contribution in [0.1, 0.15) is 42.5 Å². The largest absolute Gasteiger partial charge is 0.507 e. The van der Waals surface area contributed by atoms with Crippen LogP contribution in [-0.2, 0) is 0 Å². The fraction of sp³-hybridized carbons (Fsp3) is 0.562. The van der Waals surface area contributed by atoms with Crippen molar-refractivity contribution in [3.8, 4) is 5.75 Å². The molecular weight excluding hydrogens is 332 g/mol. The molecule has 0 aromatic heterocycles. The number of rotatable bonds is 1. The Labute approximate surface area is 133 Å². The summed E-state index contributed by atoms with van der Waals surface area (Å²) in [6.07, 6.45) is 5.73. The quantitative estimate of drug-likeness (QED) is 0.816. The van der Waals surface area contributed by atoms with Crippen LogP contribution in [0.5, 0.6) is 5.75 Å². The summed E-state index contributed by atoms with van der Waals surface area (Å²) >= 11 is 3.32. The van der Waals surface area contributed by atoms with Crippen LogP contribution in [0.3, 0.4) is 0 Å². The highest BCUT2D eigenvalue weighted by atomic mass is 79.9. The molecule has 4 nitrogen and oxygen atoms in total. The smallest absolute Gasteiger partial charge is 0.258 e. The highest BCUT2D eigenvalue weighted by Crippen LogP contribution is 2.36. The predicted molar refractivity (Wildman–Crippen MR) is 85.5 cm³/mol. The molecule has 0 radical (unpaired) electrons. The topological polar surface area (TPSA) is 52.6 Å². The Kier molecular flexibility index (Phi) is 4.22. The molecule has 1 saturated heterocycles. The van der Waals surface area contributed by atoms with E-state index in [0.29, 0.717) is 12.1 Å². The number of carbonyl (C=O) groups excluding carboxylic acids is 1. The number of aromatic hydroxyl groups is 1. The van der Waals surface area contributed by atoms with Gasteiger partial charge >= 0.3 is 0 Å². The van der Waals surface area contributed by atoms with E-state index in [0.717, 1.165) is 30.4 Å². The number of benzene rings is 1. The molecule has 2 aliphatic rings. The van der Waals surface area contributed by atoms with Crippen molar-refractivity contribution in [2.45, 2.75) is 37.6 Å². The third kappa shape index (κ3) is 2.81. The van der Waals surface area contributed by atoms with Crippen molar-refractivity contribution < 1.29 is 9.90 Å². The second-order valence-electron chi connectivity index (χ2n) is 6.08. The molecule has 114 valence electrons. The van der Waals surface area contributed by atoms with Gasteiger partial charge in [-0.05, 0) is 31.0 Å². The summed E-state index contributed by atoms with van der Waals surface area (Å²) in [5.74, 6) is 0.0160. The molecule has 1 aliphatic heterocycles. The summed E-state index contributed by atoms with van der Waals surface area (Å²) in [5.41, 5.74) is 0.345. The predicted octanol–water partition coefficient (Wildman–Crippen LogP) is 2.90. The number of hydrogen-bond acceptors (Lipinski definition) is 3. The van der Waals surface area contributed by atoms with Crippen LogP contribution >= 0.6 is 15.9 Å². The van der Waals surface area contributed by atoms with E-state index in [1.807, 2.05) is 11.0 Å². The number of halogens is 1. The number of nitrogens with zero attached hydrogens (tertiary/aromatic N) is 1. The monoisotopic (exact) mass is 352 g/mol. The second kappa shape index (κ2) is 5.97. The van der Waals surface area contributed by atoms with Gasteiger partial charge in [0.15, 0.2) is 0 Å². The third-order valence-corrected chi connectivity index (χ3v) is 5.25. The van der Waals surface area contributed by atoms with E-state index in [-0.39, 0.29) is 17.2 Å². The zero-order valence-corrected chi connectivity index (χ0v) is 13.7. The molecule has 0 bridgehead atoms. The lowest BCUT2D eigenvalue weighted by molar-refractivity contribution is 0.0220. The fourth-order valence-corrected chi connectivity index (χ4v) is 4.00. The molecular formula is C16H21BrN2O2. The number of amides is 1. The minimum absolute atomic E-state index is 0.0385. The van der Waals surface area contributed by atoms with Gasteiger partial charge in [0.05, 0.1) is 11.1 Å². The van der Waals surface area contributed by atoms with E-state index in [1.54, 1.807) is 12.1 Å². The SMILES string of the molecule is O=C(c1ccc(Br)cc1O)N1CCNCC12CCCCC2. The molecule has 3 rings (SSSR count). The molecule has 1 heterocycles. The van der Waals surface area contributed by atoms with Gasteiger partial charge in [-0.15, -0.1) is 0 Å². The normalized spacial score (nSPS) is 21.5. The lowest BCUT2D eigenvalue weighted by Crippen LogP contribution is -2.63. The minimum Gasteiger partial charge on any atom is -0.507 e. The molecule has 0 unspecified atom stereocenters. The molecule has 1 aromatic carbocycles. The van der Waals surface area contributed by atoms with Gasteiger partial charge in [-0.3, -0.25) is 4.79 Å². The summed E-state index contributed by atoms with van der Waals surface area (Å²) in [4.78, 5) is 14.9. The molecule has 21 heavy (non-hydrogen) atoms. The standard InChI is InChI=1S/C16H21BrN2O2/c17-12-4-5-13(14(20)10-12)15(21)19-9-8-18-11-16(19)6-2-1-3-7-16/h4-5,10,18,20H,1-3,6-9,11H2. The van der Waals surface area contributed by atoms with Crippen LogP contribution in [0.25, 0.3) is 0 Å². The van der Waals surface area contributed by atoms with Gasteiger partial charge in [-0.25, -0.2) is 0 Å². The number of carbonyl (C=O) groups is 1. The lowest BCUT2D eigenvalue weighted by Gasteiger charge is -2.49. The van der Waals surface area contributed by atoms with Gasteiger partial charge in [-0.1, -0.05) is 35.2 Å². The maximum atomic E-state index is 12.9. The van der Waals surface area contributed by atoms with E-state index < -0.39 is 0 Å². The number of phenolic OH excluding ortho intramolecular Hbond substituents is 1. The van der Waals surface area contributed by atoms with Gasteiger partial charge in [-0.2, -0.15) is 0 Å². The van der Waals surface area contributed by atoms with Crippen LogP contribution in [0.2, 0.25) is 0 Å². The van der Waals surface area contributed by atoms with Crippen molar-refractivity contribution in [2.75, 3.05) is 19.6 Å². The van der Waals surface area contributed by atoms with Crippen molar-refractivity contribution in [1.82, 2.24) is 10.2 Å². The first kappa shape index (κ1) is 14.9. The fourth-order valence-electron chi connectivity index (χ4n) is 3.65.